The van der Waals surface area contributed by atoms with Crippen LogP contribution in [-0.2, 0) is 10.2 Å². The van der Waals surface area contributed by atoms with E-state index in [0.717, 1.165) is 22.9 Å². The van der Waals surface area contributed by atoms with Gasteiger partial charge < -0.3 is 5.32 Å². The fourth-order valence-corrected chi connectivity index (χ4v) is 4.64. The van der Waals surface area contributed by atoms with Gasteiger partial charge in [0.25, 0.3) is 0 Å². The predicted molar refractivity (Wildman–Crippen MR) is 124 cm³/mol. The summed E-state index contributed by atoms with van der Waals surface area (Å²) in [4.78, 5) is 13.4. The Kier molecular flexibility index (Phi) is 4.43. The van der Waals surface area contributed by atoms with Crippen molar-refractivity contribution >= 4 is 22.4 Å². The highest BCUT2D eigenvalue weighted by Gasteiger charge is 2.60. The van der Waals surface area contributed by atoms with Crippen LogP contribution in [-0.4, -0.2) is 5.91 Å². The highest BCUT2D eigenvalue weighted by Crippen LogP contribution is 2.59. The van der Waals surface area contributed by atoms with Crippen LogP contribution in [0, 0.1) is 19.8 Å². The number of fused-ring (bicyclic) bond motifs is 1. The molecule has 1 aliphatic carbocycles. The van der Waals surface area contributed by atoms with E-state index >= 15 is 0 Å². The molecular weight excluding hydrogens is 366 g/mol. The molecule has 0 aromatic heterocycles. The van der Waals surface area contributed by atoms with E-state index in [2.05, 4.69) is 85.9 Å². The van der Waals surface area contributed by atoms with Crippen LogP contribution in [0.1, 0.15) is 28.7 Å². The molecule has 0 radical (unpaired) electrons. The summed E-state index contributed by atoms with van der Waals surface area (Å²) in [5.41, 5.74) is 5.53. The molecule has 0 unspecified atom stereocenters. The second-order valence-electron chi connectivity index (χ2n) is 8.48. The Balaban J connectivity index is 1.51. The average Bonchev–Trinajstić information content (AvgIpc) is 3.52. The average molecular weight is 392 g/mol. The van der Waals surface area contributed by atoms with Gasteiger partial charge in [-0.1, -0.05) is 96.1 Å². The first-order chi connectivity index (χ1) is 14.6. The molecule has 0 aliphatic heterocycles. The normalized spacial score (nSPS) is 16.9. The van der Waals surface area contributed by atoms with Crippen molar-refractivity contribution in [3.63, 3.8) is 0 Å². The number of aryl methyl sites for hydroxylation is 2. The predicted octanol–water partition coefficient (Wildman–Crippen LogP) is 6.40. The minimum absolute atomic E-state index is 0.0816. The second-order valence-corrected chi connectivity index (χ2v) is 8.48. The van der Waals surface area contributed by atoms with Gasteiger partial charge in [0.05, 0.1) is 5.92 Å². The Labute approximate surface area is 177 Å². The third-order valence-corrected chi connectivity index (χ3v) is 6.46. The maximum Gasteiger partial charge on any atom is 0.228 e. The van der Waals surface area contributed by atoms with Crippen LogP contribution in [0.5, 0.6) is 0 Å². The first-order valence-corrected chi connectivity index (χ1v) is 10.5. The molecule has 1 amide bonds. The van der Waals surface area contributed by atoms with Gasteiger partial charge in [-0.05, 0) is 42.8 Å². The van der Waals surface area contributed by atoms with Crippen LogP contribution >= 0.6 is 0 Å². The number of carbonyl (C=O) groups is 1. The highest BCUT2D eigenvalue weighted by molar-refractivity contribution is 6.04. The summed E-state index contributed by atoms with van der Waals surface area (Å²) in [6.45, 7) is 4.19. The van der Waals surface area contributed by atoms with Crippen LogP contribution in [0.2, 0.25) is 0 Å². The van der Waals surface area contributed by atoms with Crippen LogP contribution < -0.4 is 5.32 Å². The van der Waals surface area contributed by atoms with E-state index < -0.39 is 0 Å². The molecule has 1 atom stereocenters. The molecule has 1 saturated carbocycles. The molecular formula is C28H25NO. The minimum atomic E-state index is -0.254. The standard InChI is InChI=1S/C28H25NO/c1-19-10-14-22(15-11-19)28(23-16-12-20(2)13-17-23)18-25(28)27(30)29-26-9-5-7-21-6-3-4-8-24(21)26/h3-17,25H,18H2,1-2H3,(H,29,30)/t25-/m0/s1. The van der Waals surface area contributed by atoms with Crippen molar-refractivity contribution in [2.45, 2.75) is 25.7 Å². The summed E-state index contributed by atoms with van der Waals surface area (Å²) < 4.78 is 0. The van der Waals surface area contributed by atoms with Crippen molar-refractivity contribution < 1.29 is 4.79 Å². The first kappa shape index (κ1) is 18.6. The summed E-state index contributed by atoms with van der Waals surface area (Å²) in [6.07, 6.45) is 0.829. The SMILES string of the molecule is Cc1ccc(C2(c3ccc(C)cc3)C[C@H]2C(=O)Nc2cccc3ccccc23)cc1. The number of amides is 1. The molecule has 4 aromatic carbocycles. The molecule has 0 heterocycles. The van der Waals surface area contributed by atoms with Gasteiger partial charge in [-0.15, -0.1) is 0 Å². The lowest BCUT2D eigenvalue weighted by atomic mass is 9.85. The van der Waals surface area contributed by atoms with Crippen LogP contribution in [0.15, 0.2) is 91.0 Å². The molecule has 30 heavy (non-hydrogen) atoms. The van der Waals surface area contributed by atoms with E-state index in [0.29, 0.717) is 0 Å². The molecule has 1 fully saturated rings. The third kappa shape index (κ3) is 3.09. The molecule has 1 N–H and O–H groups in total. The van der Waals surface area contributed by atoms with Gasteiger partial charge in [-0.2, -0.15) is 0 Å². The van der Waals surface area contributed by atoms with Crippen molar-refractivity contribution in [1.29, 1.82) is 0 Å². The van der Waals surface area contributed by atoms with Gasteiger partial charge in [0, 0.05) is 16.5 Å². The quantitative estimate of drug-likeness (QED) is 0.428. The summed E-state index contributed by atoms with van der Waals surface area (Å²) in [5, 5.41) is 5.43. The lowest BCUT2D eigenvalue weighted by molar-refractivity contribution is -0.117. The van der Waals surface area contributed by atoms with Crippen molar-refractivity contribution in [3.05, 3.63) is 113 Å². The molecule has 1 aliphatic rings. The van der Waals surface area contributed by atoms with E-state index in [9.17, 15) is 4.79 Å². The van der Waals surface area contributed by atoms with Crippen LogP contribution in [0.3, 0.4) is 0 Å². The molecule has 148 valence electrons. The number of carbonyl (C=O) groups excluding carboxylic acids is 1. The Morgan fingerprint density at radius 1 is 0.767 bits per heavy atom. The summed E-state index contributed by atoms with van der Waals surface area (Å²) in [7, 11) is 0. The number of hydrogen-bond donors (Lipinski definition) is 1. The molecule has 0 spiro atoms. The molecule has 2 heteroatoms. The highest BCUT2D eigenvalue weighted by atomic mass is 16.2. The first-order valence-electron chi connectivity index (χ1n) is 10.5. The fraction of sp³-hybridized carbons (Fsp3) is 0.179. The summed E-state index contributed by atoms with van der Waals surface area (Å²) in [5.74, 6) is 0.00869. The van der Waals surface area contributed by atoms with Gasteiger partial charge in [-0.25, -0.2) is 0 Å². The van der Waals surface area contributed by atoms with E-state index in [1.807, 2.05) is 24.3 Å². The van der Waals surface area contributed by atoms with Crippen molar-refractivity contribution in [3.8, 4) is 0 Å². The molecule has 4 aromatic rings. The number of benzene rings is 4. The van der Waals surface area contributed by atoms with E-state index in [4.69, 9.17) is 0 Å². The summed E-state index contributed by atoms with van der Waals surface area (Å²) >= 11 is 0. The molecule has 0 saturated heterocycles. The number of anilines is 1. The second kappa shape index (κ2) is 7.14. The van der Waals surface area contributed by atoms with Crippen molar-refractivity contribution in [2.75, 3.05) is 5.32 Å². The van der Waals surface area contributed by atoms with E-state index in [1.54, 1.807) is 0 Å². The zero-order valence-electron chi connectivity index (χ0n) is 17.4. The minimum Gasteiger partial charge on any atom is -0.325 e. The van der Waals surface area contributed by atoms with E-state index in [-0.39, 0.29) is 17.2 Å². The smallest absolute Gasteiger partial charge is 0.228 e. The zero-order chi connectivity index (χ0) is 20.7. The largest absolute Gasteiger partial charge is 0.325 e. The maximum atomic E-state index is 13.4. The Hall–Kier alpha value is -3.39. The van der Waals surface area contributed by atoms with E-state index in [1.165, 1.54) is 22.3 Å². The Morgan fingerprint density at radius 2 is 1.33 bits per heavy atom. The van der Waals surface area contributed by atoms with Crippen LogP contribution in [0.4, 0.5) is 5.69 Å². The monoisotopic (exact) mass is 391 g/mol. The Morgan fingerprint density at radius 3 is 1.97 bits per heavy atom. The third-order valence-electron chi connectivity index (χ3n) is 6.46. The molecule has 2 nitrogen and oxygen atoms in total. The molecule has 5 rings (SSSR count). The maximum absolute atomic E-state index is 13.4. The number of rotatable bonds is 4. The Bertz CT molecular complexity index is 1170. The van der Waals surface area contributed by atoms with Crippen molar-refractivity contribution in [1.82, 2.24) is 0 Å². The zero-order valence-corrected chi connectivity index (χ0v) is 17.4. The lowest BCUT2D eigenvalue weighted by Gasteiger charge is -2.20. The summed E-state index contributed by atoms with van der Waals surface area (Å²) in [6, 6.07) is 31.5. The topological polar surface area (TPSA) is 29.1 Å². The van der Waals surface area contributed by atoms with Gasteiger partial charge in [-0.3, -0.25) is 4.79 Å². The number of nitrogens with one attached hydrogen (secondary N) is 1. The number of hydrogen-bond acceptors (Lipinski definition) is 1. The van der Waals surface area contributed by atoms with Gasteiger partial charge in [0.1, 0.15) is 0 Å². The van der Waals surface area contributed by atoms with Gasteiger partial charge in [0.15, 0.2) is 0 Å². The van der Waals surface area contributed by atoms with Crippen molar-refractivity contribution in [2.24, 2.45) is 5.92 Å². The lowest BCUT2D eigenvalue weighted by Crippen LogP contribution is -2.22. The molecule has 0 bridgehead atoms. The van der Waals surface area contributed by atoms with Crippen LogP contribution in [0.25, 0.3) is 10.8 Å². The van der Waals surface area contributed by atoms with Gasteiger partial charge >= 0.3 is 0 Å². The fourth-order valence-electron chi connectivity index (χ4n) is 4.64. The van der Waals surface area contributed by atoms with Gasteiger partial charge in [0.2, 0.25) is 5.91 Å².